The number of hydrogen-bond donors (Lipinski definition) is 1. The highest BCUT2D eigenvalue weighted by Crippen LogP contribution is 2.47. The maximum Gasteiger partial charge on any atom is 0.314 e. The summed E-state index contributed by atoms with van der Waals surface area (Å²) < 4.78 is 25.4. The molecule has 0 heterocycles. The third-order valence-electron chi connectivity index (χ3n) is 4.80. The Bertz CT molecular complexity index is 583. The number of rotatable bonds is 5. The van der Waals surface area contributed by atoms with Crippen LogP contribution >= 0.6 is 0 Å². The second-order valence-electron chi connectivity index (χ2n) is 6.67. The fourth-order valence-corrected chi connectivity index (χ4v) is 3.52. The van der Waals surface area contributed by atoms with Crippen LogP contribution in [-0.4, -0.2) is 25.3 Å². The average molecular weight is 324 g/mol. The van der Waals surface area contributed by atoms with Crippen molar-refractivity contribution >= 4 is 5.97 Å². The van der Waals surface area contributed by atoms with E-state index in [1.807, 2.05) is 0 Å². The van der Waals surface area contributed by atoms with E-state index in [-0.39, 0.29) is 0 Å². The van der Waals surface area contributed by atoms with Crippen LogP contribution < -0.4 is 9.47 Å². The van der Waals surface area contributed by atoms with Crippen molar-refractivity contribution < 1.29 is 23.8 Å². The summed E-state index contributed by atoms with van der Waals surface area (Å²) in [6, 6.07) is 3.22. The fourth-order valence-electron chi connectivity index (χ4n) is 3.52. The molecule has 1 aromatic carbocycles. The smallest absolute Gasteiger partial charge is 0.314 e. The summed E-state index contributed by atoms with van der Waals surface area (Å²) in [5, 5.41) is 9.93. The number of ether oxygens (including phenoxy) is 2. The second-order valence-corrected chi connectivity index (χ2v) is 6.67. The number of carboxylic acid groups (broad SMARTS) is 1. The number of benzene rings is 1. The van der Waals surface area contributed by atoms with Gasteiger partial charge in [0.2, 0.25) is 0 Å². The van der Waals surface area contributed by atoms with Gasteiger partial charge in [0, 0.05) is 0 Å². The molecule has 1 aliphatic rings. The second kappa shape index (κ2) is 6.38. The van der Waals surface area contributed by atoms with Gasteiger partial charge >= 0.3 is 5.97 Å². The van der Waals surface area contributed by atoms with Gasteiger partial charge in [-0.15, -0.1) is 0 Å². The molecule has 23 heavy (non-hydrogen) atoms. The summed E-state index contributed by atoms with van der Waals surface area (Å²) in [5.74, 6) is -0.0510. The predicted octanol–water partition coefficient (Wildman–Crippen LogP) is 4.19. The van der Waals surface area contributed by atoms with Gasteiger partial charge in [-0.2, -0.15) is 0 Å². The first kappa shape index (κ1) is 17.6. The highest BCUT2D eigenvalue weighted by Gasteiger charge is 2.45. The van der Waals surface area contributed by atoms with Crippen molar-refractivity contribution in [3.63, 3.8) is 0 Å². The van der Waals surface area contributed by atoms with Crippen molar-refractivity contribution in [2.45, 2.75) is 57.0 Å². The van der Waals surface area contributed by atoms with E-state index in [0.717, 1.165) is 19.3 Å². The monoisotopic (exact) mass is 324 g/mol. The third kappa shape index (κ3) is 3.14. The van der Waals surface area contributed by atoms with Crippen molar-refractivity contribution in [3.05, 3.63) is 23.3 Å². The number of carboxylic acids is 1. The maximum absolute atomic E-state index is 14.8. The van der Waals surface area contributed by atoms with Gasteiger partial charge in [-0.25, -0.2) is 4.39 Å². The summed E-state index contributed by atoms with van der Waals surface area (Å²) in [6.45, 7) is 2.88. The van der Waals surface area contributed by atoms with Gasteiger partial charge in [0.15, 0.2) is 11.5 Å². The van der Waals surface area contributed by atoms with Crippen LogP contribution in [0.4, 0.5) is 4.39 Å². The first-order valence-electron chi connectivity index (χ1n) is 7.95. The lowest BCUT2D eigenvalue weighted by Gasteiger charge is -2.37. The van der Waals surface area contributed by atoms with Crippen LogP contribution in [0.15, 0.2) is 12.1 Å². The minimum Gasteiger partial charge on any atom is -0.493 e. The quantitative estimate of drug-likeness (QED) is 0.882. The van der Waals surface area contributed by atoms with Gasteiger partial charge in [-0.05, 0) is 49.9 Å². The lowest BCUT2D eigenvalue weighted by molar-refractivity contribution is -0.145. The first-order valence-corrected chi connectivity index (χ1v) is 7.95. The Kier molecular flexibility index (Phi) is 4.87. The molecule has 1 aliphatic carbocycles. The Hall–Kier alpha value is -1.78. The molecule has 5 heteroatoms. The molecule has 2 rings (SSSR count). The van der Waals surface area contributed by atoms with Gasteiger partial charge in [-0.1, -0.05) is 19.3 Å². The number of methoxy groups -OCH3 is 2. The van der Waals surface area contributed by atoms with E-state index in [2.05, 4.69) is 0 Å². The van der Waals surface area contributed by atoms with Gasteiger partial charge in [0.05, 0.1) is 19.6 Å². The molecular weight excluding hydrogens is 299 g/mol. The molecule has 0 spiro atoms. The summed E-state index contributed by atoms with van der Waals surface area (Å²) in [6.07, 6.45) is 3.69. The molecule has 128 valence electrons. The maximum atomic E-state index is 14.8. The fraction of sp³-hybridized carbons (Fsp3) is 0.611. The zero-order valence-corrected chi connectivity index (χ0v) is 14.2. The summed E-state index contributed by atoms with van der Waals surface area (Å²) in [5.41, 5.74) is -1.86. The number of alkyl halides is 1. The van der Waals surface area contributed by atoms with Crippen molar-refractivity contribution in [1.82, 2.24) is 0 Å². The molecule has 1 saturated carbocycles. The molecule has 0 aliphatic heterocycles. The van der Waals surface area contributed by atoms with Crippen LogP contribution in [0.2, 0.25) is 0 Å². The SMILES string of the molecule is COc1cc(C(C)(C)F)c(C2(C(=O)O)CCCCC2)cc1OC. The van der Waals surface area contributed by atoms with Crippen molar-refractivity contribution in [1.29, 1.82) is 0 Å². The van der Waals surface area contributed by atoms with E-state index in [4.69, 9.17) is 9.47 Å². The number of halogens is 1. The highest BCUT2D eigenvalue weighted by atomic mass is 19.1. The predicted molar refractivity (Wildman–Crippen MR) is 86.1 cm³/mol. The largest absolute Gasteiger partial charge is 0.493 e. The van der Waals surface area contributed by atoms with Gasteiger partial charge in [-0.3, -0.25) is 4.79 Å². The lowest BCUT2D eigenvalue weighted by Crippen LogP contribution is -2.39. The van der Waals surface area contributed by atoms with E-state index in [1.54, 1.807) is 12.1 Å². The third-order valence-corrected chi connectivity index (χ3v) is 4.80. The van der Waals surface area contributed by atoms with Gasteiger partial charge in [0.1, 0.15) is 5.67 Å². The van der Waals surface area contributed by atoms with Crippen molar-refractivity contribution in [2.24, 2.45) is 0 Å². The van der Waals surface area contributed by atoms with E-state index in [9.17, 15) is 14.3 Å². The lowest BCUT2D eigenvalue weighted by atomic mass is 9.67. The Balaban J connectivity index is 2.74. The van der Waals surface area contributed by atoms with Crippen LogP contribution in [0.5, 0.6) is 11.5 Å². The highest BCUT2D eigenvalue weighted by molar-refractivity contribution is 5.83. The number of aliphatic carboxylic acids is 1. The van der Waals surface area contributed by atoms with Crippen molar-refractivity contribution in [2.75, 3.05) is 14.2 Å². The molecule has 0 radical (unpaired) electrons. The Morgan fingerprint density at radius 3 is 2.09 bits per heavy atom. The molecular formula is C18H25FO4. The van der Waals surface area contributed by atoms with Gasteiger partial charge in [0.25, 0.3) is 0 Å². The van der Waals surface area contributed by atoms with E-state index < -0.39 is 17.1 Å². The zero-order valence-electron chi connectivity index (χ0n) is 14.2. The molecule has 1 aromatic rings. The molecule has 0 atom stereocenters. The minimum atomic E-state index is -1.67. The normalized spacial score (nSPS) is 17.6. The molecule has 0 amide bonds. The molecule has 0 unspecified atom stereocenters. The van der Waals surface area contributed by atoms with E-state index >= 15 is 0 Å². The molecule has 0 bridgehead atoms. The zero-order chi connectivity index (χ0) is 17.3. The van der Waals surface area contributed by atoms with Crippen molar-refractivity contribution in [3.8, 4) is 11.5 Å². The summed E-state index contributed by atoms with van der Waals surface area (Å²) in [7, 11) is 2.98. The van der Waals surface area contributed by atoms with Crippen LogP contribution in [0, 0.1) is 0 Å². The molecule has 0 saturated heterocycles. The van der Waals surface area contributed by atoms with Crippen LogP contribution in [0.1, 0.15) is 57.1 Å². The topological polar surface area (TPSA) is 55.8 Å². The standard InChI is InChI=1S/C18H25FO4/c1-17(2,19)12-10-14(22-3)15(23-4)11-13(12)18(16(20)21)8-6-5-7-9-18/h10-11H,5-9H2,1-4H3,(H,20,21). The van der Waals surface area contributed by atoms with Crippen LogP contribution in [0.3, 0.4) is 0 Å². The molecule has 1 N–H and O–H groups in total. The summed E-state index contributed by atoms with van der Waals surface area (Å²) in [4.78, 5) is 12.1. The van der Waals surface area contributed by atoms with E-state index in [1.165, 1.54) is 28.1 Å². The average Bonchev–Trinajstić information content (AvgIpc) is 2.53. The van der Waals surface area contributed by atoms with Crippen LogP contribution in [-0.2, 0) is 15.9 Å². The Morgan fingerprint density at radius 1 is 1.13 bits per heavy atom. The molecule has 4 nitrogen and oxygen atoms in total. The number of hydrogen-bond acceptors (Lipinski definition) is 3. The molecule has 0 aromatic heterocycles. The van der Waals surface area contributed by atoms with E-state index in [0.29, 0.717) is 35.5 Å². The molecule has 1 fully saturated rings. The first-order chi connectivity index (χ1) is 10.8. The van der Waals surface area contributed by atoms with Crippen LogP contribution in [0.25, 0.3) is 0 Å². The number of carbonyl (C=O) groups is 1. The Morgan fingerprint density at radius 2 is 1.65 bits per heavy atom. The van der Waals surface area contributed by atoms with Gasteiger partial charge < -0.3 is 14.6 Å². The minimum absolute atomic E-state index is 0.361. The summed E-state index contributed by atoms with van der Waals surface area (Å²) >= 11 is 0. The Labute approximate surface area is 136 Å².